The first-order valence-electron chi connectivity index (χ1n) is 4.74. The fourth-order valence-corrected chi connectivity index (χ4v) is 1.94. The third kappa shape index (κ3) is 1.37. The van der Waals surface area contributed by atoms with Crippen LogP contribution in [0, 0.1) is 6.92 Å². The summed E-state index contributed by atoms with van der Waals surface area (Å²) in [5.74, 6) is -0.757. The summed E-state index contributed by atoms with van der Waals surface area (Å²) in [4.78, 5) is 11.1. The van der Waals surface area contributed by atoms with Gasteiger partial charge in [-0.2, -0.15) is 0 Å². The number of carbonyl (C=O) groups is 1. The molecule has 4 nitrogen and oxygen atoms in total. The maximum atomic E-state index is 11.1. The van der Waals surface area contributed by atoms with Crippen molar-refractivity contribution < 1.29 is 19.7 Å². The lowest BCUT2D eigenvalue weighted by atomic mass is 9.85. The Hall–Kier alpha value is -1.55. The van der Waals surface area contributed by atoms with Crippen LogP contribution in [0.5, 0.6) is 5.75 Å². The van der Waals surface area contributed by atoms with Crippen molar-refractivity contribution in [1.29, 1.82) is 0 Å². The zero-order valence-electron chi connectivity index (χ0n) is 8.36. The van der Waals surface area contributed by atoms with E-state index in [9.17, 15) is 9.90 Å². The van der Waals surface area contributed by atoms with E-state index in [0.29, 0.717) is 11.3 Å². The average molecular weight is 208 g/mol. The molecule has 80 valence electrons. The minimum Gasteiger partial charge on any atom is -0.493 e. The third-order valence-electron chi connectivity index (χ3n) is 2.72. The molecule has 1 heterocycles. The highest BCUT2D eigenvalue weighted by Crippen LogP contribution is 2.39. The molecule has 1 aromatic carbocycles. The Morgan fingerprint density at radius 3 is 2.93 bits per heavy atom. The van der Waals surface area contributed by atoms with Gasteiger partial charge in [0.1, 0.15) is 5.75 Å². The predicted molar refractivity (Wildman–Crippen MR) is 52.8 cm³/mol. The lowest BCUT2D eigenvalue weighted by Crippen LogP contribution is -2.41. The second kappa shape index (κ2) is 3.24. The minimum atomic E-state index is -1.81. The maximum absolute atomic E-state index is 11.1. The second-order valence-corrected chi connectivity index (χ2v) is 3.71. The standard InChI is InChI=1S/C11H12O4/c1-7-3-2-4-8-9(7)11(14,10(12)13)5-6-15-8/h2-4,14H,5-6H2,1H3,(H,12,13). The van der Waals surface area contributed by atoms with Gasteiger partial charge in [0.05, 0.1) is 6.61 Å². The number of benzene rings is 1. The summed E-state index contributed by atoms with van der Waals surface area (Å²) < 4.78 is 5.33. The third-order valence-corrected chi connectivity index (χ3v) is 2.72. The smallest absolute Gasteiger partial charge is 0.340 e. The molecule has 0 amide bonds. The molecule has 4 heteroatoms. The van der Waals surface area contributed by atoms with Crippen molar-refractivity contribution in [2.75, 3.05) is 6.61 Å². The van der Waals surface area contributed by atoms with Crippen LogP contribution in [-0.2, 0) is 10.4 Å². The number of aliphatic hydroxyl groups is 1. The molecule has 1 aromatic rings. The zero-order valence-corrected chi connectivity index (χ0v) is 8.36. The Labute approximate surface area is 87.1 Å². The van der Waals surface area contributed by atoms with Crippen molar-refractivity contribution in [3.63, 3.8) is 0 Å². The van der Waals surface area contributed by atoms with Crippen molar-refractivity contribution >= 4 is 5.97 Å². The van der Waals surface area contributed by atoms with Crippen molar-refractivity contribution in [1.82, 2.24) is 0 Å². The molecule has 0 spiro atoms. The second-order valence-electron chi connectivity index (χ2n) is 3.71. The zero-order chi connectivity index (χ0) is 11.1. The summed E-state index contributed by atoms with van der Waals surface area (Å²) in [6.07, 6.45) is 0.0835. The quantitative estimate of drug-likeness (QED) is 0.723. The van der Waals surface area contributed by atoms with E-state index in [1.54, 1.807) is 25.1 Å². The van der Waals surface area contributed by atoms with Crippen LogP contribution in [0.4, 0.5) is 0 Å². The molecule has 0 aliphatic carbocycles. The number of hydrogen-bond acceptors (Lipinski definition) is 3. The summed E-state index contributed by atoms with van der Waals surface area (Å²) in [6, 6.07) is 5.22. The van der Waals surface area contributed by atoms with E-state index in [1.165, 1.54) is 0 Å². The van der Waals surface area contributed by atoms with E-state index >= 15 is 0 Å². The lowest BCUT2D eigenvalue weighted by Gasteiger charge is -2.31. The molecule has 1 aliphatic heterocycles. The molecule has 0 saturated carbocycles. The van der Waals surface area contributed by atoms with Gasteiger partial charge in [-0.05, 0) is 18.6 Å². The SMILES string of the molecule is Cc1cccc2c1C(O)(C(=O)O)CCO2. The Balaban J connectivity index is 2.64. The molecule has 1 aliphatic rings. The first-order chi connectivity index (χ1) is 7.05. The molecule has 0 bridgehead atoms. The summed E-state index contributed by atoms with van der Waals surface area (Å²) in [5.41, 5.74) is -0.695. The molecule has 1 atom stereocenters. The van der Waals surface area contributed by atoms with E-state index in [1.807, 2.05) is 0 Å². The highest BCUT2D eigenvalue weighted by Gasteiger charge is 2.43. The Bertz CT molecular complexity index is 413. The first-order valence-corrected chi connectivity index (χ1v) is 4.74. The Morgan fingerprint density at radius 2 is 2.27 bits per heavy atom. The molecule has 1 unspecified atom stereocenters. The first kappa shape index (κ1) is 9.98. The van der Waals surface area contributed by atoms with Crippen LogP contribution in [-0.4, -0.2) is 22.8 Å². The molecule has 0 aromatic heterocycles. The van der Waals surface area contributed by atoms with Crippen LogP contribution in [0.25, 0.3) is 0 Å². The van der Waals surface area contributed by atoms with Crippen molar-refractivity contribution in [3.8, 4) is 5.75 Å². The van der Waals surface area contributed by atoms with E-state index in [0.717, 1.165) is 5.56 Å². The minimum absolute atomic E-state index is 0.0835. The van der Waals surface area contributed by atoms with Crippen LogP contribution in [0.3, 0.4) is 0 Å². The number of rotatable bonds is 1. The number of carboxylic acid groups (broad SMARTS) is 1. The van der Waals surface area contributed by atoms with Gasteiger partial charge in [-0.15, -0.1) is 0 Å². The number of hydrogen-bond donors (Lipinski definition) is 2. The van der Waals surface area contributed by atoms with Crippen molar-refractivity contribution in [2.45, 2.75) is 18.9 Å². The number of aryl methyl sites for hydroxylation is 1. The molecule has 0 radical (unpaired) electrons. The molecule has 0 fully saturated rings. The van der Waals surface area contributed by atoms with Crippen LogP contribution in [0.2, 0.25) is 0 Å². The largest absolute Gasteiger partial charge is 0.493 e. The van der Waals surface area contributed by atoms with Gasteiger partial charge in [-0.25, -0.2) is 4.79 Å². The summed E-state index contributed by atoms with van der Waals surface area (Å²) >= 11 is 0. The van der Waals surface area contributed by atoms with Crippen LogP contribution >= 0.6 is 0 Å². The van der Waals surface area contributed by atoms with E-state index in [-0.39, 0.29) is 13.0 Å². The number of carboxylic acids is 1. The molecular formula is C11H12O4. The van der Waals surface area contributed by atoms with Crippen LogP contribution < -0.4 is 4.74 Å². The van der Waals surface area contributed by atoms with E-state index in [4.69, 9.17) is 9.84 Å². The normalized spacial score (nSPS) is 24.1. The van der Waals surface area contributed by atoms with Gasteiger partial charge in [-0.3, -0.25) is 0 Å². The molecule has 2 rings (SSSR count). The van der Waals surface area contributed by atoms with Gasteiger partial charge in [0.2, 0.25) is 0 Å². The highest BCUT2D eigenvalue weighted by molar-refractivity contribution is 5.81. The lowest BCUT2D eigenvalue weighted by molar-refractivity contribution is -0.162. The van der Waals surface area contributed by atoms with Gasteiger partial charge in [-0.1, -0.05) is 12.1 Å². The molecular weight excluding hydrogens is 196 g/mol. The van der Waals surface area contributed by atoms with Crippen LogP contribution in [0.1, 0.15) is 17.5 Å². The fraction of sp³-hybridized carbons (Fsp3) is 0.364. The molecule has 15 heavy (non-hydrogen) atoms. The Kier molecular flexibility index (Phi) is 2.16. The van der Waals surface area contributed by atoms with Gasteiger partial charge < -0.3 is 14.9 Å². The maximum Gasteiger partial charge on any atom is 0.340 e. The fourth-order valence-electron chi connectivity index (χ4n) is 1.94. The topological polar surface area (TPSA) is 66.8 Å². The molecule has 0 saturated heterocycles. The van der Waals surface area contributed by atoms with Gasteiger partial charge in [0, 0.05) is 12.0 Å². The summed E-state index contributed by atoms with van der Waals surface area (Å²) in [5, 5.41) is 19.2. The monoisotopic (exact) mass is 208 g/mol. The molecule has 2 N–H and O–H groups in total. The predicted octanol–water partition coefficient (Wildman–Crippen LogP) is 1.05. The van der Waals surface area contributed by atoms with Crippen LogP contribution in [0.15, 0.2) is 18.2 Å². The van der Waals surface area contributed by atoms with E-state index in [2.05, 4.69) is 0 Å². The number of fused-ring (bicyclic) bond motifs is 1. The van der Waals surface area contributed by atoms with Gasteiger partial charge in [0.15, 0.2) is 5.60 Å². The average Bonchev–Trinajstić information content (AvgIpc) is 2.17. The highest BCUT2D eigenvalue weighted by atomic mass is 16.5. The van der Waals surface area contributed by atoms with Gasteiger partial charge >= 0.3 is 5.97 Å². The summed E-state index contributed by atoms with van der Waals surface area (Å²) in [7, 11) is 0. The number of ether oxygens (including phenoxy) is 1. The van der Waals surface area contributed by atoms with Gasteiger partial charge in [0.25, 0.3) is 0 Å². The summed E-state index contributed by atoms with van der Waals surface area (Å²) in [6.45, 7) is 1.99. The Morgan fingerprint density at radius 1 is 1.53 bits per heavy atom. The van der Waals surface area contributed by atoms with Crippen molar-refractivity contribution in [2.24, 2.45) is 0 Å². The van der Waals surface area contributed by atoms with Crippen molar-refractivity contribution in [3.05, 3.63) is 29.3 Å². The van der Waals surface area contributed by atoms with E-state index < -0.39 is 11.6 Å². The number of aliphatic carboxylic acids is 1.